The first-order chi connectivity index (χ1) is 8.24. The third-order valence-corrected chi connectivity index (χ3v) is 3.83. The summed E-state index contributed by atoms with van der Waals surface area (Å²) in [5, 5.41) is 5.82. The van der Waals surface area contributed by atoms with Gasteiger partial charge >= 0.3 is 4.87 Å². The van der Waals surface area contributed by atoms with E-state index in [2.05, 4.69) is 10.1 Å². The standard InChI is InChI=1S/C11H13N3O2S/c1-7-6-17-11(15)14(7)5-4-9-12-10(13-16-9)8-2-3-8/h6,8H,2-5H2,1H3. The van der Waals surface area contributed by atoms with Gasteiger partial charge in [0.1, 0.15) is 0 Å². The smallest absolute Gasteiger partial charge is 0.307 e. The average Bonchev–Trinajstić information content (AvgIpc) is 2.98. The first-order valence-corrected chi connectivity index (χ1v) is 6.59. The lowest BCUT2D eigenvalue weighted by Gasteiger charge is -2.00. The molecule has 1 aliphatic rings. The summed E-state index contributed by atoms with van der Waals surface area (Å²) in [7, 11) is 0. The topological polar surface area (TPSA) is 60.9 Å². The van der Waals surface area contributed by atoms with Crippen molar-refractivity contribution in [3.05, 3.63) is 32.5 Å². The van der Waals surface area contributed by atoms with Gasteiger partial charge in [0.2, 0.25) is 5.89 Å². The van der Waals surface area contributed by atoms with Crippen LogP contribution in [0.5, 0.6) is 0 Å². The second-order valence-corrected chi connectivity index (χ2v) is 5.19. The molecule has 1 fully saturated rings. The maximum absolute atomic E-state index is 11.5. The van der Waals surface area contributed by atoms with E-state index in [0.29, 0.717) is 24.8 Å². The quantitative estimate of drug-likeness (QED) is 0.830. The van der Waals surface area contributed by atoms with Gasteiger partial charge in [-0.15, -0.1) is 0 Å². The zero-order valence-electron chi connectivity index (χ0n) is 9.55. The van der Waals surface area contributed by atoms with E-state index in [1.165, 1.54) is 24.2 Å². The molecule has 5 nitrogen and oxygen atoms in total. The summed E-state index contributed by atoms with van der Waals surface area (Å²) in [5.74, 6) is 1.97. The zero-order chi connectivity index (χ0) is 11.8. The Morgan fingerprint density at radius 2 is 2.41 bits per heavy atom. The van der Waals surface area contributed by atoms with Crippen molar-refractivity contribution in [1.29, 1.82) is 0 Å². The number of thiazole rings is 1. The number of hydrogen-bond acceptors (Lipinski definition) is 5. The number of aryl methyl sites for hydroxylation is 2. The predicted molar refractivity (Wildman–Crippen MR) is 63.3 cm³/mol. The van der Waals surface area contributed by atoms with E-state index in [4.69, 9.17) is 4.52 Å². The molecule has 0 aromatic carbocycles. The lowest BCUT2D eigenvalue weighted by Crippen LogP contribution is -2.16. The van der Waals surface area contributed by atoms with E-state index < -0.39 is 0 Å². The van der Waals surface area contributed by atoms with Gasteiger partial charge in [-0.1, -0.05) is 16.5 Å². The van der Waals surface area contributed by atoms with E-state index in [0.717, 1.165) is 11.5 Å². The summed E-state index contributed by atoms with van der Waals surface area (Å²) in [4.78, 5) is 15.9. The molecule has 90 valence electrons. The molecule has 0 N–H and O–H groups in total. The van der Waals surface area contributed by atoms with Crippen LogP contribution in [0.25, 0.3) is 0 Å². The van der Waals surface area contributed by atoms with Crippen LogP contribution in [0, 0.1) is 6.92 Å². The van der Waals surface area contributed by atoms with Crippen LogP contribution >= 0.6 is 11.3 Å². The van der Waals surface area contributed by atoms with Crippen LogP contribution in [0.15, 0.2) is 14.7 Å². The van der Waals surface area contributed by atoms with E-state index >= 15 is 0 Å². The summed E-state index contributed by atoms with van der Waals surface area (Å²) in [6, 6.07) is 0. The van der Waals surface area contributed by atoms with Gasteiger partial charge in [-0.3, -0.25) is 4.79 Å². The monoisotopic (exact) mass is 251 g/mol. The Bertz CT molecular complexity index is 580. The Hall–Kier alpha value is -1.43. The molecule has 2 heterocycles. The predicted octanol–water partition coefficient (Wildman–Crippen LogP) is 1.72. The fraction of sp³-hybridized carbons (Fsp3) is 0.545. The van der Waals surface area contributed by atoms with Crippen LogP contribution in [0.1, 0.15) is 36.2 Å². The number of nitrogens with zero attached hydrogens (tertiary/aromatic N) is 3. The van der Waals surface area contributed by atoms with Gasteiger partial charge < -0.3 is 9.09 Å². The molecule has 3 rings (SSSR count). The van der Waals surface area contributed by atoms with Crippen molar-refractivity contribution < 1.29 is 4.52 Å². The van der Waals surface area contributed by atoms with E-state index in [-0.39, 0.29) is 4.87 Å². The summed E-state index contributed by atoms with van der Waals surface area (Å²) in [6.45, 7) is 2.54. The lowest BCUT2D eigenvalue weighted by atomic mass is 10.4. The number of hydrogen-bond donors (Lipinski definition) is 0. The fourth-order valence-corrected chi connectivity index (χ4v) is 2.52. The Kier molecular flexibility index (Phi) is 2.58. The first kappa shape index (κ1) is 10.7. The van der Waals surface area contributed by atoms with Crippen molar-refractivity contribution in [3.8, 4) is 0 Å². The molecule has 0 atom stereocenters. The number of aromatic nitrogens is 3. The lowest BCUT2D eigenvalue weighted by molar-refractivity contribution is 0.366. The van der Waals surface area contributed by atoms with Crippen LogP contribution in [0.2, 0.25) is 0 Å². The van der Waals surface area contributed by atoms with Crippen LogP contribution in [-0.4, -0.2) is 14.7 Å². The Labute approximate surface area is 102 Å². The van der Waals surface area contributed by atoms with Crippen molar-refractivity contribution in [3.63, 3.8) is 0 Å². The molecule has 0 spiro atoms. The highest BCUT2D eigenvalue weighted by Crippen LogP contribution is 2.38. The summed E-state index contributed by atoms with van der Waals surface area (Å²) in [6.07, 6.45) is 2.96. The molecular formula is C11H13N3O2S. The highest BCUT2D eigenvalue weighted by Gasteiger charge is 2.28. The molecule has 0 amide bonds. The van der Waals surface area contributed by atoms with Crippen LogP contribution in [0.4, 0.5) is 0 Å². The minimum Gasteiger partial charge on any atom is -0.339 e. The molecule has 0 radical (unpaired) electrons. The van der Waals surface area contributed by atoms with E-state index in [1.54, 1.807) is 4.57 Å². The van der Waals surface area contributed by atoms with Crippen molar-refractivity contribution in [1.82, 2.24) is 14.7 Å². The third kappa shape index (κ3) is 2.17. The summed E-state index contributed by atoms with van der Waals surface area (Å²) < 4.78 is 6.91. The summed E-state index contributed by atoms with van der Waals surface area (Å²) in [5.41, 5.74) is 0.988. The third-order valence-electron chi connectivity index (χ3n) is 2.95. The second kappa shape index (κ2) is 4.10. The van der Waals surface area contributed by atoms with Crippen molar-refractivity contribution in [2.75, 3.05) is 0 Å². The first-order valence-electron chi connectivity index (χ1n) is 5.71. The van der Waals surface area contributed by atoms with E-state index in [9.17, 15) is 4.79 Å². The highest BCUT2D eigenvalue weighted by molar-refractivity contribution is 7.07. The van der Waals surface area contributed by atoms with Gasteiger partial charge in [-0.25, -0.2) is 0 Å². The van der Waals surface area contributed by atoms with Crippen molar-refractivity contribution in [2.24, 2.45) is 0 Å². The Morgan fingerprint density at radius 1 is 1.59 bits per heavy atom. The van der Waals surface area contributed by atoms with Gasteiger partial charge in [0, 0.05) is 30.0 Å². The van der Waals surface area contributed by atoms with Gasteiger partial charge in [0.25, 0.3) is 0 Å². The van der Waals surface area contributed by atoms with Crippen LogP contribution in [0.3, 0.4) is 0 Å². The minimum atomic E-state index is 0.0735. The zero-order valence-corrected chi connectivity index (χ0v) is 10.4. The minimum absolute atomic E-state index is 0.0735. The molecule has 6 heteroatoms. The van der Waals surface area contributed by atoms with Gasteiger partial charge in [0.15, 0.2) is 5.82 Å². The SMILES string of the molecule is Cc1csc(=O)n1CCc1nc(C2CC2)no1. The molecule has 1 aliphatic carbocycles. The molecular weight excluding hydrogens is 238 g/mol. The maximum Gasteiger partial charge on any atom is 0.307 e. The van der Waals surface area contributed by atoms with E-state index in [1.807, 2.05) is 12.3 Å². The van der Waals surface area contributed by atoms with Crippen LogP contribution < -0.4 is 4.87 Å². The summed E-state index contributed by atoms with van der Waals surface area (Å²) >= 11 is 1.23. The second-order valence-electron chi connectivity index (χ2n) is 4.37. The molecule has 0 saturated heterocycles. The molecule has 0 aliphatic heterocycles. The average molecular weight is 251 g/mol. The normalized spacial score (nSPS) is 15.4. The highest BCUT2D eigenvalue weighted by atomic mass is 32.1. The molecule has 1 saturated carbocycles. The largest absolute Gasteiger partial charge is 0.339 e. The maximum atomic E-state index is 11.5. The molecule has 0 unspecified atom stereocenters. The van der Waals surface area contributed by atoms with Gasteiger partial charge in [-0.2, -0.15) is 4.98 Å². The Morgan fingerprint density at radius 3 is 3.06 bits per heavy atom. The number of rotatable bonds is 4. The van der Waals surface area contributed by atoms with Gasteiger partial charge in [0.05, 0.1) is 0 Å². The molecule has 2 aromatic heterocycles. The fourth-order valence-electron chi connectivity index (χ4n) is 1.76. The van der Waals surface area contributed by atoms with Crippen molar-refractivity contribution >= 4 is 11.3 Å². The Balaban J connectivity index is 1.68. The van der Waals surface area contributed by atoms with Gasteiger partial charge in [-0.05, 0) is 19.8 Å². The molecule has 17 heavy (non-hydrogen) atoms. The van der Waals surface area contributed by atoms with Crippen molar-refractivity contribution in [2.45, 2.75) is 38.6 Å². The van der Waals surface area contributed by atoms with Crippen LogP contribution in [-0.2, 0) is 13.0 Å². The molecule has 2 aromatic rings. The molecule has 0 bridgehead atoms.